The highest BCUT2D eigenvalue weighted by Crippen LogP contribution is 2.54. The standard InChI is InChI=1S/C22H23BrFN5O2S/c23-16-5-13(24)6-17-15(16)7-18(28-17)21(31)27-9-14-8-22(1-2-22)12-29(14)20(30)11-32-10-19-25-3-4-26-19/h3-7,14,28H,1-2,8-12H2,(H,25,26)(H,27,31). The van der Waals surface area contributed by atoms with Crippen LogP contribution >= 0.6 is 27.7 Å². The number of likely N-dealkylation sites (tertiary alicyclic amines) is 1. The number of amides is 2. The Morgan fingerprint density at radius 2 is 2.19 bits per heavy atom. The molecule has 0 bridgehead atoms. The summed E-state index contributed by atoms with van der Waals surface area (Å²) in [6.07, 6.45) is 6.68. The Balaban J connectivity index is 1.21. The van der Waals surface area contributed by atoms with Gasteiger partial charge in [0, 0.05) is 41.4 Å². The van der Waals surface area contributed by atoms with Gasteiger partial charge in [-0.2, -0.15) is 0 Å². The van der Waals surface area contributed by atoms with Gasteiger partial charge in [-0.3, -0.25) is 9.59 Å². The first-order chi connectivity index (χ1) is 15.4. The third-order valence-electron chi connectivity index (χ3n) is 6.31. The molecule has 7 nitrogen and oxygen atoms in total. The van der Waals surface area contributed by atoms with E-state index in [1.165, 1.54) is 12.1 Å². The Morgan fingerprint density at radius 3 is 2.94 bits per heavy atom. The van der Waals surface area contributed by atoms with Gasteiger partial charge in [-0.1, -0.05) is 0 Å². The van der Waals surface area contributed by atoms with Crippen LogP contribution in [0, 0.1) is 11.2 Å². The topological polar surface area (TPSA) is 93.9 Å². The van der Waals surface area contributed by atoms with Crippen LogP contribution in [0.4, 0.5) is 4.39 Å². The molecule has 1 unspecified atom stereocenters. The number of nitrogens with zero attached hydrogens (tertiary/aromatic N) is 2. The van der Waals surface area contributed by atoms with E-state index in [0.717, 1.165) is 37.0 Å². The lowest BCUT2D eigenvalue weighted by Gasteiger charge is -2.24. The SMILES string of the molecule is O=C(NCC1CC2(CC2)CN1C(=O)CSCc1ncc[nH]1)c1cc2c(Br)cc(F)cc2[nH]1. The number of fused-ring (bicyclic) bond motifs is 1. The molecule has 0 radical (unpaired) electrons. The van der Waals surface area contributed by atoms with Gasteiger partial charge in [0.05, 0.1) is 17.0 Å². The van der Waals surface area contributed by atoms with E-state index < -0.39 is 0 Å². The molecule has 1 spiro atoms. The predicted molar refractivity (Wildman–Crippen MR) is 125 cm³/mol. The van der Waals surface area contributed by atoms with E-state index in [1.54, 1.807) is 30.2 Å². The number of imidazole rings is 1. The Labute approximate surface area is 197 Å². The molecule has 10 heteroatoms. The van der Waals surface area contributed by atoms with Gasteiger partial charge >= 0.3 is 0 Å². The number of nitrogens with one attached hydrogen (secondary N) is 3. The van der Waals surface area contributed by atoms with Crippen molar-refractivity contribution in [1.82, 2.24) is 25.2 Å². The monoisotopic (exact) mass is 519 g/mol. The number of H-pyrrole nitrogens is 2. The molecule has 1 aliphatic carbocycles. The van der Waals surface area contributed by atoms with Gasteiger partial charge in [0.25, 0.3) is 5.91 Å². The number of carbonyl (C=O) groups excluding carboxylic acids is 2. The lowest BCUT2D eigenvalue weighted by molar-refractivity contribution is -0.129. The van der Waals surface area contributed by atoms with Gasteiger partial charge < -0.3 is 20.2 Å². The largest absolute Gasteiger partial charge is 0.350 e. The smallest absolute Gasteiger partial charge is 0.267 e. The van der Waals surface area contributed by atoms with Gasteiger partial charge in [-0.05, 0) is 58.8 Å². The Kier molecular flexibility index (Phi) is 5.75. The minimum Gasteiger partial charge on any atom is -0.350 e. The minimum atomic E-state index is -0.377. The van der Waals surface area contributed by atoms with Crippen LogP contribution in [-0.4, -0.2) is 56.6 Å². The minimum absolute atomic E-state index is 0.00767. The number of thioether (sulfide) groups is 1. The summed E-state index contributed by atoms with van der Waals surface area (Å²) < 4.78 is 14.2. The second kappa shape index (κ2) is 8.55. The molecule has 1 atom stereocenters. The van der Waals surface area contributed by atoms with E-state index in [-0.39, 0.29) is 29.1 Å². The second-order valence-corrected chi connectivity index (χ2v) is 10.5. The van der Waals surface area contributed by atoms with Crippen LogP contribution in [-0.2, 0) is 10.5 Å². The van der Waals surface area contributed by atoms with E-state index in [0.29, 0.717) is 33.7 Å². The van der Waals surface area contributed by atoms with Crippen molar-refractivity contribution < 1.29 is 14.0 Å². The maximum Gasteiger partial charge on any atom is 0.267 e. The normalized spacial score (nSPS) is 19.1. The average Bonchev–Trinajstić information content (AvgIpc) is 3.14. The third-order valence-corrected chi connectivity index (χ3v) is 7.89. The molecule has 2 amide bonds. The average molecular weight is 520 g/mol. The van der Waals surface area contributed by atoms with Crippen LogP contribution < -0.4 is 5.32 Å². The summed E-state index contributed by atoms with van der Waals surface area (Å²) in [6, 6.07) is 4.44. The van der Waals surface area contributed by atoms with Gasteiger partial charge in [0.1, 0.15) is 17.3 Å². The van der Waals surface area contributed by atoms with E-state index in [4.69, 9.17) is 0 Å². The zero-order valence-corrected chi connectivity index (χ0v) is 19.7. The molecule has 32 heavy (non-hydrogen) atoms. The number of benzene rings is 1. The summed E-state index contributed by atoms with van der Waals surface area (Å²) >= 11 is 4.88. The molecule has 3 heterocycles. The summed E-state index contributed by atoms with van der Waals surface area (Å²) in [5.41, 5.74) is 1.17. The summed E-state index contributed by atoms with van der Waals surface area (Å²) in [5, 5.41) is 3.72. The molecule has 1 saturated heterocycles. The van der Waals surface area contributed by atoms with Crippen molar-refractivity contribution in [3.05, 3.63) is 52.4 Å². The van der Waals surface area contributed by atoms with Crippen LogP contribution in [0.5, 0.6) is 0 Å². The van der Waals surface area contributed by atoms with Crippen LogP contribution in [0.2, 0.25) is 0 Å². The van der Waals surface area contributed by atoms with Crippen molar-refractivity contribution >= 4 is 50.4 Å². The van der Waals surface area contributed by atoms with E-state index in [2.05, 4.69) is 36.2 Å². The number of hydrogen-bond donors (Lipinski definition) is 3. The second-order valence-electron chi connectivity index (χ2n) is 8.65. The first-order valence-corrected chi connectivity index (χ1v) is 12.5. The van der Waals surface area contributed by atoms with Gasteiger partial charge in [-0.25, -0.2) is 9.37 Å². The van der Waals surface area contributed by atoms with Crippen molar-refractivity contribution in [2.45, 2.75) is 31.1 Å². The van der Waals surface area contributed by atoms with Crippen molar-refractivity contribution in [2.75, 3.05) is 18.8 Å². The van der Waals surface area contributed by atoms with E-state index in [9.17, 15) is 14.0 Å². The zero-order valence-electron chi connectivity index (χ0n) is 17.3. The van der Waals surface area contributed by atoms with Crippen LogP contribution in [0.3, 0.4) is 0 Å². The first-order valence-electron chi connectivity index (χ1n) is 10.5. The lowest BCUT2D eigenvalue weighted by atomic mass is 10.0. The Hall–Kier alpha value is -2.33. The van der Waals surface area contributed by atoms with Crippen LogP contribution in [0.25, 0.3) is 10.9 Å². The number of aromatic nitrogens is 3. The van der Waals surface area contributed by atoms with Gasteiger partial charge in [0.15, 0.2) is 0 Å². The maximum atomic E-state index is 13.6. The number of aromatic amines is 2. The molecule has 1 saturated carbocycles. The third kappa shape index (κ3) is 4.43. The fourth-order valence-electron chi connectivity index (χ4n) is 4.46. The molecule has 3 N–H and O–H groups in total. The summed E-state index contributed by atoms with van der Waals surface area (Å²) in [5.74, 6) is 1.38. The van der Waals surface area contributed by atoms with E-state index >= 15 is 0 Å². The highest BCUT2D eigenvalue weighted by Gasteiger charge is 2.52. The molecular weight excluding hydrogens is 497 g/mol. The van der Waals surface area contributed by atoms with Crippen LogP contribution in [0.15, 0.2) is 35.1 Å². The Morgan fingerprint density at radius 1 is 1.34 bits per heavy atom. The molecule has 2 aliphatic rings. The van der Waals surface area contributed by atoms with Crippen molar-refractivity contribution in [2.24, 2.45) is 5.41 Å². The molecule has 2 aromatic heterocycles. The Bertz CT molecular complexity index is 1160. The first kappa shape index (κ1) is 21.5. The summed E-state index contributed by atoms with van der Waals surface area (Å²) in [6.45, 7) is 1.17. The highest BCUT2D eigenvalue weighted by molar-refractivity contribution is 9.10. The number of rotatable bonds is 7. The van der Waals surface area contributed by atoms with E-state index in [1.807, 2.05) is 4.90 Å². The maximum absolute atomic E-state index is 13.6. The van der Waals surface area contributed by atoms with Gasteiger partial charge in [-0.15, -0.1) is 11.8 Å². The molecule has 1 aromatic carbocycles. The van der Waals surface area contributed by atoms with Crippen LogP contribution in [0.1, 0.15) is 35.6 Å². The molecule has 1 aliphatic heterocycles. The number of carbonyl (C=O) groups is 2. The summed E-state index contributed by atoms with van der Waals surface area (Å²) in [4.78, 5) is 37.8. The molecule has 2 fully saturated rings. The molecular formula is C22H23BrFN5O2S. The van der Waals surface area contributed by atoms with Crippen molar-refractivity contribution in [3.63, 3.8) is 0 Å². The number of hydrogen-bond acceptors (Lipinski definition) is 4. The van der Waals surface area contributed by atoms with Crippen molar-refractivity contribution in [3.8, 4) is 0 Å². The predicted octanol–water partition coefficient (Wildman–Crippen LogP) is 3.84. The molecule has 5 rings (SSSR count). The van der Waals surface area contributed by atoms with Crippen molar-refractivity contribution in [1.29, 1.82) is 0 Å². The quantitative estimate of drug-likeness (QED) is 0.442. The zero-order chi connectivity index (χ0) is 22.3. The summed E-state index contributed by atoms with van der Waals surface area (Å²) in [7, 11) is 0. The highest BCUT2D eigenvalue weighted by atomic mass is 79.9. The number of halogens is 2. The fourth-order valence-corrected chi connectivity index (χ4v) is 5.80. The lowest BCUT2D eigenvalue weighted by Crippen LogP contribution is -2.44. The molecule has 3 aromatic rings. The fraction of sp³-hybridized carbons (Fsp3) is 0.409. The molecule has 168 valence electrons. The van der Waals surface area contributed by atoms with Gasteiger partial charge in [0.2, 0.25) is 5.91 Å².